The first-order valence-electron chi connectivity index (χ1n) is 7.49. The van der Waals surface area contributed by atoms with Gasteiger partial charge in [0.1, 0.15) is 0 Å². The van der Waals surface area contributed by atoms with Gasteiger partial charge in [-0.05, 0) is 28.4 Å². The van der Waals surface area contributed by atoms with Gasteiger partial charge in [0.25, 0.3) is 0 Å². The Bertz CT molecular complexity index is 349. The van der Waals surface area contributed by atoms with Gasteiger partial charge in [-0.1, -0.05) is 13.3 Å². The van der Waals surface area contributed by atoms with E-state index in [0.717, 1.165) is 30.6 Å². The van der Waals surface area contributed by atoms with Crippen LogP contribution >= 0.6 is 27.3 Å². The molecule has 4 nitrogen and oxygen atoms in total. The summed E-state index contributed by atoms with van der Waals surface area (Å²) in [6, 6.07) is 2.13. The highest BCUT2D eigenvalue weighted by molar-refractivity contribution is 9.10. The van der Waals surface area contributed by atoms with E-state index < -0.39 is 0 Å². The van der Waals surface area contributed by atoms with Crippen LogP contribution in [0.2, 0.25) is 0 Å². The summed E-state index contributed by atoms with van der Waals surface area (Å²) in [4.78, 5) is 1.33. The van der Waals surface area contributed by atoms with Crippen LogP contribution in [0.25, 0.3) is 0 Å². The van der Waals surface area contributed by atoms with Crippen molar-refractivity contribution >= 4 is 27.3 Å². The molecule has 1 aromatic rings. The van der Waals surface area contributed by atoms with Gasteiger partial charge < -0.3 is 19.5 Å². The van der Waals surface area contributed by atoms with Gasteiger partial charge in [0.05, 0.1) is 33.0 Å². The number of hydrogen-bond donors (Lipinski definition) is 1. The third-order valence-electron chi connectivity index (χ3n) is 2.73. The maximum atomic E-state index is 5.49. The largest absolute Gasteiger partial charge is 0.379 e. The van der Waals surface area contributed by atoms with E-state index in [0.29, 0.717) is 33.0 Å². The Morgan fingerprint density at radius 1 is 1.05 bits per heavy atom. The molecule has 1 heterocycles. The molecule has 1 N–H and O–H groups in total. The van der Waals surface area contributed by atoms with Crippen molar-refractivity contribution in [1.82, 2.24) is 5.32 Å². The van der Waals surface area contributed by atoms with Crippen molar-refractivity contribution in [3.05, 3.63) is 20.8 Å². The van der Waals surface area contributed by atoms with Crippen molar-refractivity contribution in [2.45, 2.75) is 26.3 Å². The normalized spacial score (nSPS) is 11.1. The second kappa shape index (κ2) is 13.7. The highest BCUT2D eigenvalue weighted by atomic mass is 79.9. The van der Waals surface area contributed by atoms with Crippen molar-refractivity contribution in [1.29, 1.82) is 0 Å². The Morgan fingerprint density at radius 2 is 1.71 bits per heavy atom. The molecule has 1 aromatic heterocycles. The molecule has 0 radical (unpaired) electrons. The number of nitrogens with one attached hydrogen (secondary N) is 1. The average Bonchev–Trinajstić information content (AvgIpc) is 2.89. The molecular weight excluding hydrogens is 354 g/mol. The molecule has 0 aromatic carbocycles. The van der Waals surface area contributed by atoms with Crippen LogP contribution in [0.15, 0.2) is 15.9 Å². The van der Waals surface area contributed by atoms with E-state index in [4.69, 9.17) is 14.2 Å². The molecule has 0 aliphatic carbocycles. The summed E-state index contributed by atoms with van der Waals surface area (Å²) in [5, 5.41) is 5.44. The molecular formula is C15H26BrNO3S. The van der Waals surface area contributed by atoms with E-state index in [-0.39, 0.29) is 0 Å². The van der Waals surface area contributed by atoms with Crippen molar-refractivity contribution in [3.8, 4) is 0 Å². The van der Waals surface area contributed by atoms with Gasteiger partial charge in [-0.15, -0.1) is 11.3 Å². The SMILES string of the molecule is CCCCOCCOCCOCCNCc1cc(Br)cs1. The predicted molar refractivity (Wildman–Crippen MR) is 91.1 cm³/mol. The summed E-state index contributed by atoms with van der Waals surface area (Å²) in [7, 11) is 0. The van der Waals surface area contributed by atoms with Gasteiger partial charge in [0.15, 0.2) is 0 Å². The average molecular weight is 380 g/mol. The van der Waals surface area contributed by atoms with Crippen LogP contribution < -0.4 is 5.32 Å². The lowest BCUT2D eigenvalue weighted by Crippen LogP contribution is -2.20. The number of thiophene rings is 1. The standard InChI is InChI=1S/C15H26BrNO3S/c1-2-3-5-18-7-9-20-10-8-19-6-4-17-12-15-11-14(16)13-21-15/h11,13,17H,2-10,12H2,1H3. The van der Waals surface area contributed by atoms with Gasteiger partial charge in [0.2, 0.25) is 0 Å². The van der Waals surface area contributed by atoms with Gasteiger partial charge in [-0.2, -0.15) is 0 Å². The topological polar surface area (TPSA) is 39.7 Å². The van der Waals surface area contributed by atoms with Crippen LogP contribution in [0.4, 0.5) is 0 Å². The van der Waals surface area contributed by atoms with Crippen molar-refractivity contribution < 1.29 is 14.2 Å². The summed E-state index contributed by atoms with van der Waals surface area (Å²) in [6.45, 7) is 8.06. The van der Waals surface area contributed by atoms with Gasteiger partial charge in [-0.3, -0.25) is 0 Å². The van der Waals surface area contributed by atoms with E-state index in [1.54, 1.807) is 11.3 Å². The highest BCUT2D eigenvalue weighted by Gasteiger charge is 1.96. The smallest absolute Gasteiger partial charge is 0.0701 e. The molecule has 1 rings (SSSR count). The fraction of sp³-hybridized carbons (Fsp3) is 0.733. The molecule has 0 saturated heterocycles. The zero-order valence-electron chi connectivity index (χ0n) is 12.7. The fourth-order valence-electron chi connectivity index (χ4n) is 1.59. The molecule has 0 amide bonds. The fourth-order valence-corrected chi connectivity index (χ4v) is 3.01. The lowest BCUT2D eigenvalue weighted by molar-refractivity contribution is 0.0146. The van der Waals surface area contributed by atoms with Crippen molar-refractivity contribution in [2.24, 2.45) is 0 Å². The minimum absolute atomic E-state index is 0.634. The quantitative estimate of drug-likeness (QED) is 0.502. The number of unbranched alkanes of at least 4 members (excludes halogenated alkanes) is 1. The molecule has 0 bridgehead atoms. The van der Waals surface area contributed by atoms with E-state index in [1.807, 2.05) is 0 Å². The molecule has 6 heteroatoms. The second-order valence-electron chi connectivity index (χ2n) is 4.60. The molecule has 0 atom stereocenters. The molecule has 0 spiro atoms. The first-order chi connectivity index (χ1) is 10.3. The number of rotatable bonds is 14. The van der Waals surface area contributed by atoms with Gasteiger partial charge in [0, 0.05) is 34.4 Å². The minimum Gasteiger partial charge on any atom is -0.379 e. The molecule has 122 valence electrons. The molecule has 0 aliphatic heterocycles. The van der Waals surface area contributed by atoms with Crippen LogP contribution in [-0.2, 0) is 20.8 Å². The lowest BCUT2D eigenvalue weighted by atomic mass is 10.4. The highest BCUT2D eigenvalue weighted by Crippen LogP contribution is 2.19. The van der Waals surface area contributed by atoms with E-state index in [9.17, 15) is 0 Å². The number of halogens is 1. The van der Waals surface area contributed by atoms with Crippen LogP contribution in [-0.4, -0.2) is 46.2 Å². The van der Waals surface area contributed by atoms with Gasteiger partial charge in [-0.25, -0.2) is 0 Å². The van der Waals surface area contributed by atoms with E-state index in [1.165, 1.54) is 11.3 Å². The molecule has 21 heavy (non-hydrogen) atoms. The molecule has 0 unspecified atom stereocenters. The summed E-state index contributed by atoms with van der Waals surface area (Å²) in [6.07, 6.45) is 2.30. The molecule has 0 aliphatic rings. The monoisotopic (exact) mass is 379 g/mol. The Balaban J connectivity index is 1.74. The van der Waals surface area contributed by atoms with Crippen LogP contribution in [0.1, 0.15) is 24.6 Å². The number of ether oxygens (including phenoxy) is 3. The maximum absolute atomic E-state index is 5.49. The lowest BCUT2D eigenvalue weighted by Gasteiger charge is -2.07. The zero-order chi connectivity index (χ0) is 15.2. The predicted octanol–water partition coefficient (Wildman–Crippen LogP) is 3.45. The Morgan fingerprint density at radius 3 is 2.33 bits per heavy atom. The molecule has 0 saturated carbocycles. The van der Waals surface area contributed by atoms with Crippen LogP contribution in [0.5, 0.6) is 0 Å². The van der Waals surface area contributed by atoms with Gasteiger partial charge >= 0.3 is 0 Å². The van der Waals surface area contributed by atoms with Crippen LogP contribution in [0.3, 0.4) is 0 Å². The number of hydrogen-bond acceptors (Lipinski definition) is 5. The third-order valence-corrected chi connectivity index (χ3v) is 4.43. The summed E-state index contributed by atoms with van der Waals surface area (Å²) < 4.78 is 17.5. The van der Waals surface area contributed by atoms with E-state index in [2.05, 4.69) is 39.6 Å². The Hall–Kier alpha value is 0.0200. The summed E-state index contributed by atoms with van der Waals surface area (Å²) in [5.74, 6) is 0. The third kappa shape index (κ3) is 11.3. The molecule has 0 fully saturated rings. The Kier molecular flexibility index (Phi) is 12.4. The van der Waals surface area contributed by atoms with Crippen LogP contribution in [0, 0.1) is 0 Å². The maximum Gasteiger partial charge on any atom is 0.0701 e. The minimum atomic E-state index is 0.634. The van der Waals surface area contributed by atoms with Crippen molar-refractivity contribution in [2.75, 3.05) is 46.2 Å². The van der Waals surface area contributed by atoms with Crippen molar-refractivity contribution in [3.63, 3.8) is 0 Å². The zero-order valence-corrected chi connectivity index (χ0v) is 15.1. The summed E-state index contributed by atoms with van der Waals surface area (Å²) >= 11 is 5.20. The van der Waals surface area contributed by atoms with E-state index >= 15 is 0 Å². The second-order valence-corrected chi connectivity index (χ2v) is 6.51. The Labute approximate surface area is 140 Å². The first-order valence-corrected chi connectivity index (χ1v) is 9.17. The first kappa shape index (κ1) is 19.1. The summed E-state index contributed by atoms with van der Waals surface area (Å²) in [5.41, 5.74) is 0.